The maximum atomic E-state index is 5.68. The number of halogens is 1. The van der Waals surface area contributed by atoms with E-state index >= 15 is 0 Å². The highest BCUT2D eigenvalue weighted by Crippen LogP contribution is 2.02. The van der Waals surface area contributed by atoms with Gasteiger partial charge in [-0.25, -0.2) is 0 Å². The monoisotopic (exact) mass is 476 g/mol. The van der Waals surface area contributed by atoms with Crippen LogP contribution in [0.1, 0.15) is 12.5 Å². The maximum Gasteiger partial charge on any atom is 0.191 e. The van der Waals surface area contributed by atoms with Crippen molar-refractivity contribution >= 4 is 29.9 Å². The van der Waals surface area contributed by atoms with E-state index in [1.807, 2.05) is 18.2 Å². The number of morpholine rings is 1. The molecule has 1 aliphatic rings. The lowest BCUT2D eigenvalue weighted by Gasteiger charge is -2.29. The van der Waals surface area contributed by atoms with Crippen LogP contribution in [0.25, 0.3) is 0 Å². The first kappa shape index (κ1) is 23.1. The van der Waals surface area contributed by atoms with Crippen molar-refractivity contribution in [1.82, 2.24) is 15.5 Å². The molecular weight excluding hydrogens is 443 g/mol. The average molecular weight is 476 g/mol. The molecule has 0 saturated carbocycles. The number of ether oxygens (including phenoxy) is 2. The van der Waals surface area contributed by atoms with Crippen molar-refractivity contribution in [2.75, 3.05) is 59.6 Å². The van der Waals surface area contributed by atoms with Crippen LogP contribution in [-0.2, 0) is 16.1 Å². The van der Waals surface area contributed by atoms with Crippen molar-refractivity contribution in [3.05, 3.63) is 35.9 Å². The molecule has 1 atom stereocenters. The van der Waals surface area contributed by atoms with Gasteiger partial charge in [-0.2, -0.15) is 0 Å². The fraction of sp³-hybridized carbons (Fsp3) is 0.632. The largest absolute Gasteiger partial charge is 0.379 e. The zero-order valence-corrected chi connectivity index (χ0v) is 18.3. The quantitative estimate of drug-likeness (QED) is 0.247. The van der Waals surface area contributed by atoms with Crippen LogP contribution in [0.3, 0.4) is 0 Å². The highest BCUT2D eigenvalue weighted by Gasteiger charge is 2.13. The molecule has 0 amide bonds. The van der Waals surface area contributed by atoms with Crippen LogP contribution in [0.15, 0.2) is 35.3 Å². The second kappa shape index (κ2) is 14.2. The van der Waals surface area contributed by atoms with E-state index in [9.17, 15) is 0 Å². The van der Waals surface area contributed by atoms with Gasteiger partial charge in [-0.15, -0.1) is 24.0 Å². The molecule has 0 bridgehead atoms. The molecule has 1 aliphatic heterocycles. The summed E-state index contributed by atoms with van der Waals surface area (Å²) in [6.45, 7) is 10.1. The van der Waals surface area contributed by atoms with Crippen LogP contribution < -0.4 is 10.6 Å². The molecule has 6 nitrogen and oxygen atoms in total. The molecule has 2 rings (SSSR count). The highest BCUT2D eigenvalue weighted by atomic mass is 127. The smallest absolute Gasteiger partial charge is 0.191 e. The van der Waals surface area contributed by atoms with Gasteiger partial charge < -0.3 is 20.1 Å². The van der Waals surface area contributed by atoms with Crippen molar-refractivity contribution < 1.29 is 9.47 Å². The predicted octanol–water partition coefficient (Wildman–Crippen LogP) is 1.95. The number of rotatable bonds is 9. The van der Waals surface area contributed by atoms with Crippen LogP contribution in [-0.4, -0.2) is 70.5 Å². The molecule has 148 valence electrons. The topological polar surface area (TPSA) is 58.1 Å². The molecule has 0 spiro atoms. The fourth-order valence-electron chi connectivity index (χ4n) is 2.79. The lowest BCUT2D eigenvalue weighted by atomic mass is 10.1. The summed E-state index contributed by atoms with van der Waals surface area (Å²) in [5.74, 6) is 1.39. The first-order chi connectivity index (χ1) is 12.3. The van der Waals surface area contributed by atoms with Gasteiger partial charge in [-0.1, -0.05) is 37.3 Å². The zero-order chi connectivity index (χ0) is 17.7. The third-order valence-corrected chi connectivity index (χ3v) is 4.17. The second-order valence-corrected chi connectivity index (χ2v) is 6.44. The van der Waals surface area contributed by atoms with Crippen molar-refractivity contribution in [1.29, 1.82) is 0 Å². The standard InChI is InChI=1S/C19H32N4O2.HI/c1-17(15-23-9-12-24-13-10-23)14-22-19(20-2)21-8-11-25-16-18-6-4-3-5-7-18;/h3-7,17H,8-16H2,1-2H3,(H2,20,21,22);1H. The van der Waals surface area contributed by atoms with Crippen molar-refractivity contribution in [3.8, 4) is 0 Å². The SMILES string of the molecule is CN=C(NCCOCc1ccccc1)NCC(C)CN1CCOCC1.I. The minimum Gasteiger partial charge on any atom is -0.379 e. The highest BCUT2D eigenvalue weighted by molar-refractivity contribution is 14.0. The first-order valence-electron chi connectivity index (χ1n) is 9.14. The van der Waals surface area contributed by atoms with Gasteiger partial charge in [-0.05, 0) is 11.5 Å². The average Bonchev–Trinajstić information content (AvgIpc) is 2.65. The van der Waals surface area contributed by atoms with Gasteiger partial charge >= 0.3 is 0 Å². The van der Waals surface area contributed by atoms with Gasteiger partial charge in [0.1, 0.15) is 0 Å². The molecule has 1 heterocycles. The number of benzene rings is 1. The lowest BCUT2D eigenvalue weighted by Crippen LogP contribution is -2.44. The summed E-state index contributed by atoms with van der Waals surface area (Å²) in [5, 5.41) is 6.69. The van der Waals surface area contributed by atoms with Gasteiger partial charge in [0.05, 0.1) is 26.4 Å². The molecule has 0 aliphatic carbocycles. The normalized spacial score (nSPS) is 16.6. The van der Waals surface area contributed by atoms with Crippen LogP contribution in [0, 0.1) is 5.92 Å². The summed E-state index contributed by atoms with van der Waals surface area (Å²) in [6, 6.07) is 10.2. The minimum absolute atomic E-state index is 0. The van der Waals surface area contributed by atoms with Gasteiger partial charge in [0.25, 0.3) is 0 Å². The molecule has 7 heteroatoms. The summed E-state index contributed by atoms with van der Waals surface area (Å²) in [5.41, 5.74) is 1.20. The van der Waals surface area contributed by atoms with Crippen LogP contribution in [0.4, 0.5) is 0 Å². The molecule has 0 aromatic heterocycles. The van der Waals surface area contributed by atoms with E-state index in [1.165, 1.54) is 5.56 Å². The summed E-state index contributed by atoms with van der Waals surface area (Å²) in [7, 11) is 1.80. The Labute approximate surface area is 174 Å². The molecule has 0 radical (unpaired) electrons. The number of hydrogen-bond acceptors (Lipinski definition) is 4. The Bertz CT molecular complexity index is 496. The molecule has 1 fully saturated rings. The van der Waals surface area contributed by atoms with E-state index in [0.717, 1.165) is 51.9 Å². The summed E-state index contributed by atoms with van der Waals surface area (Å²) in [6.07, 6.45) is 0. The third kappa shape index (κ3) is 9.70. The molecule has 1 aromatic carbocycles. The van der Waals surface area contributed by atoms with Gasteiger partial charge in [0.15, 0.2) is 5.96 Å². The Morgan fingerprint density at radius 1 is 1.23 bits per heavy atom. The van der Waals surface area contributed by atoms with Crippen LogP contribution in [0.2, 0.25) is 0 Å². The number of guanidine groups is 1. The van der Waals surface area contributed by atoms with E-state index in [0.29, 0.717) is 19.1 Å². The molecule has 1 aromatic rings. The Morgan fingerprint density at radius 2 is 1.96 bits per heavy atom. The maximum absolute atomic E-state index is 5.68. The first-order valence-corrected chi connectivity index (χ1v) is 9.14. The van der Waals surface area contributed by atoms with E-state index in [-0.39, 0.29) is 24.0 Å². The van der Waals surface area contributed by atoms with E-state index < -0.39 is 0 Å². The summed E-state index contributed by atoms with van der Waals surface area (Å²) >= 11 is 0. The Kier molecular flexibility index (Phi) is 12.6. The van der Waals surface area contributed by atoms with Crippen LogP contribution in [0.5, 0.6) is 0 Å². The number of nitrogens with one attached hydrogen (secondary N) is 2. The van der Waals surface area contributed by atoms with Crippen molar-refractivity contribution in [2.45, 2.75) is 13.5 Å². The van der Waals surface area contributed by atoms with Crippen molar-refractivity contribution in [3.63, 3.8) is 0 Å². The fourth-order valence-corrected chi connectivity index (χ4v) is 2.79. The van der Waals surface area contributed by atoms with Crippen molar-refractivity contribution in [2.24, 2.45) is 10.9 Å². The number of nitrogens with zero attached hydrogens (tertiary/aromatic N) is 2. The summed E-state index contributed by atoms with van der Waals surface area (Å²) < 4.78 is 11.1. The Morgan fingerprint density at radius 3 is 2.65 bits per heavy atom. The zero-order valence-electron chi connectivity index (χ0n) is 15.9. The van der Waals surface area contributed by atoms with Crippen LogP contribution >= 0.6 is 24.0 Å². The number of aliphatic imine (C=N–C) groups is 1. The lowest BCUT2D eigenvalue weighted by molar-refractivity contribution is 0.0320. The van der Waals surface area contributed by atoms with Gasteiger partial charge in [0.2, 0.25) is 0 Å². The Balaban J connectivity index is 0.00000338. The van der Waals surface area contributed by atoms with Gasteiger partial charge in [0, 0.05) is 39.8 Å². The van der Waals surface area contributed by atoms with Gasteiger partial charge in [-0.3, -0.25) is 9.89 Å². The van der Waals surface area contributed by atoms with E-state index in [4.69, 9.17) is 9.47 Å². The minimum atomic E-state index is 0. The molecule has 2 N–H and O–H groups in total. The third-order valence-electron chi connectivity index (χ3n) is 4.17. The molecule has 26 heavy (non-hydrogen) atoms. The van der Waals surface area contributed by atoms with E-state index in [2.05, 4.69) is 39.6 Å². The van der Waals surface area contributed by atoms with E-state index in [1.54, 1.807) is 7.05 Å². The molecule has 1 saturated heterocycles. The predicted molar refractivity (Wildman–Crippen MR) is 117 cm³/mol. The molecule has 1 unspecified atom stereocenters. The molecular formula is C19H33IN4O2. The summed E-state index contributed by atoms with van der Waals surface area (Å²) in [4.78, 5) is 6.73. The second-order valence-electron chi connectivity index (χ2n) is 6.44. The Hall–Kier alpha value is -0.900. The number of hydrogen-bond donors (Lipinski definition) is 2.